The molecule has 1 aromatic carbocycles. The molecule has 3 aromatic rings. The van der Waals surface area contributed by atoms with E-state index in [1.165, 1.54) is 23.7 Å². The zero-order valence-electron chi connectivity index (χ0n) is 16.4. The monoisotopic (exact) mass is 419 g/mol. The molecule has 0 aliphatic carbocycles. The minimum absolute atomic E-state index is 0.0158. The Morgan fingerprint density at radius 1 is 1.21 bits per heavy atom. The summed E-state index contributed by atoms with van der Waals surface area (Å²) in [6, 6.07) is 5.92. The number of carbonyl (C=O) groups is 1. The Bertz CT molecular complexity index is 1180. The van der Waals surface area contributed by atoms with Crippen molar-refractivity contribution < 1.29 is 9.18 Å². The van der Waals surface area contributed by atoms with E-state index in [0.29, 0.717) is 17.2 Å². The Labute approximate surface area is 170 Å². The first kappa shape index (κ1) is 20.8. The average molecular weight is 419 g/mol. The molecule has 10 heteroatoms. The van der Waals surface area contributed by atoms with E-state index in [0.717, 1.165) is 29.2 Å². The number of aromatic nitrogens is 4. The van der Waals surface area contributed by atoms with Crippen molar-refractivity contribution in [2.75, 3.05) is 11.1 Å². The average Bonchev–Trinajstić information content (AvgIpc) is 3.08. The van der Waals surface area contributed by atoms with Gasteiger partial charge in [-0.1, -0.05) is 37.2 Å². The second kappa shape index (κ2) is 8.64. The number of rotatable bonds is 7. The van der Waals surface area contributed by atoms with Gasteiger partial charge in [0.2, 0.25) is 5.91 Å². The van der Waals surface area contributed by atoms with Gasteiger partial charge >= 0.3 is 5.69 Å². The molecule has 0 atom stereocenters. The number of benzene rings is 1. The van der Waals surface area contributed by atoms with Crippen LogP contribution in [0, 0.1) is 5.82 Å². The van der Waals surface area contributed by atoms with Crippen LogP contribution in [0.15, 0.2) is 39.0 Å². The van der Waals surface area contributed by atoms with Gasteiger partial charge in [-0.2, -0.15) is 0 Å². The first-order valence-electron chi connectivity index (χ1n) is 9.18. The van der Waals surface area contributed by atoms with Gasteiger partial charge in [0.15, 0.2) is 16.3 Å². The van der Waals surface area contributed by atoms with E-state index < -0.39 is 23.0 Å². The Morgan fingerprint density at radius 3 is 2.62 bits per heavy atom. The summed E-state index contributed by atoms with van der Waals surface area (Å²) >= 11 is 1.14. The standard InChI is InChI=1S/C19H22FN5O3S/c1-4-5-10-25-15-16(23(2)19(28)24(3)17(15)27)22-18(25)29-11-14(26)21-13-9-7-6-8-12(13)20/h6-9H,4-5,10-11H2,1-3H3,(H,21,26). The molecule has 29 heavy (non-hydrogen) atoms. The van der Waals surface area contributed by atoms with Crippen LogP contribution in [-0.4, -0.2) is 30.3 Å². The number of carbonyl (C=O) groups excluding carboxylic acids is 1. The lowest BCUT2D eigenvalue weighted by Crippen LogP contribution is -2.37. The van der Waals surface area contributed by atoms with Gasteiger partial charge in [0.05, 0.1) is 11.4 Å². The summed E-state index contributed by atoms with van der Waals surface area (Å²) in [5, 5.41) is 2.99. The molecule has 0 bridgehead atoms. The fourth-order valence-corrected chi connectivity index (χ4v) is 3.76. The normalized spacial score (nSPS) is 11.2. The molecule has 0 aliphatic heterocycles. The molecule has 0 radical (unpaired) electrons. The van der Waals surface area contributed by atoms with Crippen LogP contribution in [0.25, 0.3) is 11.2 Å². The Morgan fingerprint density at radius 2 is 1.93 bits per heavy atom. The van der Waals surface area contributed by atoms with Crippen molar-refractivity contribution in [1.29, 1.82) is 0 Å². The number of unbranched alkanes of at least 4 members (excludes halogenated alkanes) is 1. The number of nitrogens with one attached hydrogen (secondary N) is 1. The van der Waals surface area contributed by atoms with Crippen molar-refractivity contribution in [2.24, 2.45) is 14.1 Å². The first-order valence-corrected chi connectivity index (χ1v) is 10.2. The smallest absolute Gasteiger partial charge is 0.323 e. The quantitative estimate of drug-likeness (QED) is 0.593. The molecule has 2 aromatic heterocycles. The minimum atomic E-state index is -0.514. The van der Waals surface area contributed by atoms with Crippen molar-refractivity contribution in [2.45, 2.75) is 31.5 Å². The predicted octanol–water partition coefficient (Wildman–Crippen LogP) is 2.10. The fraction of sp³-hybridized carbons (Fsp3) is 0.368. The Hall–Kier alpha value is -2.88. The minimum Gasteiger partial charge on any atom is -0.323 e. The number of fused-ring (bicyclic) bond motifs is 1. The Kier molecular flexibility index (Phi) is 6.21. The number of hydrogen-bond acceptors (Lipinski definition) is 5. The molecule has 1 amide bonds. The summed E-state index contributed by atoms with van der Waals surface area (Å²) in [4.78, 5) is 41.6. The van der Waals surface area contributed by atoms with Gasteiger partial charge in [0.25, 0.3) is 5.56 Å². The van der Waals surface area contributed by atoms with E-state index >= 15 is 0 Å². The van der Waals surface area contributed by atoms with E-state index in [1.807, 2.05) is 6.92 Å². The van der Waals surface area contributed by atoms with Crippen LogP contribution in [0.2, 0.25) is 0 Å². The maximum atomic E-state index is 13.7. The molecule has 154 valence electrons. The highest BCUT2D eigenvalue weighted by Gasteiger charge is 2.20. The number of thioether (sulfide) groups is 1. The molecule has 0 spiro atoms. The number of nitrogens with zero attached hydrogens (tertiary/aromatic N) is 4. The van der Waals surface area contributed by atoms with Crippen LogP contribution in [-0.2, 0) is 25.4 Å². The van der Waals surface area contributed by atoms with Crippen molar-refractivity contribution in [3.8, 4) is 0 Å². The lowest BCUT2D eigenvalue weighted by Gasteiger charge is -2.09. The molecule has 2 heterocycles. The predicted molar refractivity (Wildman–Crippen MR) is 111 cm³/mol. The number of para-hydroxylation sites is 1. The number of anilines is 1. The van der Waals surface area contributed by atoms with E-state index in [4.69, 9.17) is 0 Å². The van der Waals surface area contributed by atoms with Gasteiger partial charge in [0, 0.05) is 20.6 Å². The van der Waals surface area contributed by atoms with E-state index in [1.54, 1.807) is 23.7 Å². The maximum Gasteiger partial charge on any atom is 0.332 e. The van der Waals surface area contributed by atoms with E-state index in [-0.39, 0.29) is 17.1 Å². The fourth-order valence-electron chi connectivity index (χ4n) is 2.94. The zero-order chi connectivity index (χ0) is 21.1. The number of hydrogen-bond donors (Lipinski definition) is 1. The lowest BCUT2D eigenvalue weighted by molar-refractivity contribution is -0.113. The largest absolute Gasteiger partial charge is 0.332 e. The first-order chi connectivity index (χ1) is 13.8. The summed E-state index contributed by atoms with van der Waals surface area (Å²) in [5.74, 6) is -0.923. The van der Waals surface area contributed by atoms with Crippen LogP contribution in [0.1, 0.15) is 19.8 Å². The third-order valence-corrected chi connectivity index (χ3v) is 5.50. The summed E-state index contributed by atoms with van der Waals surface area (Å²) in [6.45, 7) is 2.57. The van der Waals surface area contributed by atoms with Gasteiger partial charge in [-0.05, 0) is 18.6 Å². The summed E-state index contributed by atoms with van der Waals surface area (Å²) in [5.41, 5.74) is -0.161. The second-order valence-corrected chi connectivity index (χ2v) is 7.54. The van der Waals surface area contributed by atoms with Crippen LogP contribution in [0.5, 0.6) is 0 Å². The summed E-state index contributed by atoms with van der Waals surface area (Å²) in [6.07, 6.45) is 1.72. The van der Waals surface area contributed by atoms with Crippen LogP contribution >= 0.6 is 11.8 Å². The van der Waals surface area contributed by atoms with E-state index in [2.05, 4.69) is 10.3 Å². The molecule has 1 N–H and O–H groups in total. The van der Waals surface area contributed by atoms with Gasteiger partial charge in [-0.3, -0.25) is 18.7 Å². The lowest BCUT2D eigenvalue weighted by atomic mass is 10.3. The molecular formula is C19H22FN5O3S. The van der Waals surface area contributed by atoms with Gasteiger partial charge in [-0.15, -0.1) is 0 Å². The van der Waals surface area contributed by atoms with Gasteiger partial charge in [-0.25, -0.2) is 14.2 Å². The molecule has 0 unspecified atom stereocenters. The van der Waals surface area contributed by atoms with Crippen molar-refractivity contribution in [1.82, 2.24) is 18.7 Å². The third-order valence-electron chi connectivity index (χ3n) is 4.53. The van der Waals surface area contributed by atoms with Crippen molar-refractivity contribution in [3.63, 3.8) is 0 Å². The maximum absolute atomic E-state index is 13.7. The third kappa shape index (κ3) is 4.12. The molecule has 8 nitrogen and oxygen atoms in total. The van der Waals surface area contributed by atoms with Crippen LogP contribution in [0.3, 0.4) is 0 Å². The van der Waals surface area contributed by atoms with E-state index in [9.17, 15) is 18.8 Å². The van der Waals surface area contributed by atoms with Crippen LogP contribution < -0.4 is 16.6 Å². The highest BCUT2D eigenvalue weighted by molar-refractivity contribution is 7.99. The van der Waals surface area contributed by atoms with Crippen LogP contribution in [0.4, 0.5) is 10.1 Å². The van der Waals surface area contributed by atoms with Gasteiger partial charge < -0.3 is 9.88 Å². The SMILES string of the molecule is CCCCn1c(SCC(=O)Nc2ccccc2F)nc2c1c(=O)n(C)c(=O)n2C. The summed E-state index contributed by atoms with van der Waals surface area (Å²) in [7, 11) is 2.98. The molecule has 0 fully saturated rings. The molecule has 3 rings (SSSR count). The number of imidazole rings is 1. The highest BCUT2D eigenvalue weighted by atomic mass is 32.2. The molecule has 0 saturated carbocycles. The number of amides is 1. The molecule has 0 aliphatic rings. The zero-order valence-corrected chi connectivity index (χ0v) is 17.3. The highest BCUT2D eigenvalue weighted by Crippen LogP contribution is 2.23. The van der Waals surface area contributed by atoms with Crippen molar-refractivity contribution >= 4 is 34.5 Å². The second-order valence-electron chi connectivity index (χ2n) is 6.59. The molecular weight excluding hydrogens is 397 g/mol. The number of halogens is 1. The topological polar surface area (TPSA) is 90.9 Å². The molecule has 0 saturated heterocycles. The Balaban J connectivity index is 1.92. The summed E-state index contributed by atoms with van der Waals surface area (Å²) < 4.78 is 17.8. The van der Waals surface area contributed by atoms with Gasteiger partial charge in [0.1, 0.15) is 5.82 Å². The van der Waals surface area contributed by atoms with Crippen molar-refractivity contribution in [3.05, 3.63) is 50.9 Å². The number of aryl methyl sites for hydroxylation is 2.